The zero-order valence-electron chi connectivity index (χ0n) is 11.4. The van der Waals surface area contributed by atoms with Crippen LogP contribution in [0.3, 0.4) is 0 Å². The van der Waals surface area contributed by atoms with Crippen LogP contribution >= 0.6 is 0 Å². The van der Waals surface area contributed by atoms with Gasteiger partial charge < -0.3 is 15.3 Å². The Bertz CT molecular complexity index is 417. The number of benzene rings is 1. The van der Waals surface area contributed by atoms with Crippen LogP contribution in [0.25, 0.3) is 0 Å². The number of hydrogen-bond donors (Lipinski definition) is 2. The number of rotatable bonds is 5. The van der Waals surface area contributed by atoms with Gasteiger partial charge in [-0.25, -0.2) is 0 Å². The van der Waals surface area contributed by atoms with E-state index in [4.69, 9.17) is 5.11 Å². The monoisotopic (exact) mass is 262 g/mol. The highest BCUT2D eigenvalue weighted by atomic mass is 16.4. The Labute approximate surface area is 114 Å². The smallest absolute Gasteiger partial charge is 0.308 e. The highest BCUT2D eigenvalue weighted by molar-refractivity contribution is 5.71. The number of nitrogens with zero attached hydrogens (tertiary/aromatic N) is 1. The quantitative estimate of drug-likeness (QED) is 0.853. The number of hydrogen-bond acceptors (Lipinski definition) is 3. The van der Waals surface area contributed by atoms with Gasteiger partial charge in [-0.2, -0.15) is 0 Å². The number of piperidine rings is 1. The third-order valence-electron chi connectivity index (χ3n) is 3.65. The van der Waals surface area contributed by atoms with Gasteiger partial charge in [-0.3, -0.25) is 4.79 Å². The highest BCUT2D eigenvalue weighted by Gasteiger charge is 2.25. The molecule has 4 heteroatoms. The van der Waals surface area contributed by atoms with Gasteiger partial charge in [0.15, 0.2) is 0 Å². The minimum Gasteiger partial charge on any atom is -0.481 e. The molecule has 0 bridgehead atoms. The number of carboxylic acid groups (broad SMARTS) is 1. The average molecular weight is 262 g/mol. The van der Waals surface area contributed by atoms with E-state index in [9.17, 15) is 4.79 Å². The number of carboxylic acids is 1. The lowest BCUT2D eigenvalue weighted by Crippen LogP contribution is -2.38. The van der Waals surface area contributed by atoms with Crippen molar-refractivity contribution in [3.8, 4) is 0 Å². The van der Waals surface area contributed by atoms with E-state index in [1.807, 2.05) is 0 Å². The third-order valence-corrected chi connectivity index (χ3v) is 3.65. The third kappa shape index (κ3) is 3.70. The van der Waals surface area contributed by atoms with Crippen molar-refractivity contribution in [1.82, 2.24) is 5.32 Å². The molecule has 1 aromatic rings. The lowest BCUT2D eigenvalue weighted by molar-refractivity contribution is -0.141. The van der Waals surface area contributed by atoms with E-state index < -0.39 is 5.97 Å². The van der Waals surface area contributed by atoms with E-state index in [2.05, 4.69) is 41.4 Å². The van der Waals surface area contributed by atoms with E-state index in [0.717, 1.165) is 38.2 Å². The minimum atomic E-state index is -0.673. The fourth-order valence-electron chi connectivity index (χ4n) is 2.51. The van der Waals surface area contributed by atoms with Crippen molar-refractivity contribution in [1.29, 1.82) is 0 Å². The largest absolute Gasteiger partial charge is 0.481 e. The summed E-state index contributed by atoms with van der Waals surface area (Å²) in [6.07, 6.45) is 1.75. The molecule has 0 aliphatic carbocycles. The van der Waals surface area contributed by atoms with Gasteiger partial charge in [0.1, 0.15) is 0 Å². The molecule has 0 amide bonds. The zero-order valence-corrected chi connectivity index (χ0v) is 11.4. The molecule has 2 rings (SSSR count). The van der Waals surface area contributed by atoms with Crippen LogP contribution in [0.4, 0.5) is 5.69 Å². The maximum absolute atomic E-state index is 11.1. The summed E-state index contributed by atoms with van der Waals surface area (Å²) in [7, 11) is 0. The summed E-state index contributed by atoms with van der Waals surface area (Å²) in [4.78, 5) is 13.2. The molecule has 0 spiro atoms. The first kappa shape index (κ1) is 13.9. The number of carbonyl (C=O) groups is 1. The molecule has 19 heavy (non-hydrogen) atoms. The topological polar surface area (TPSA) is 52.6 Å². The molecule has 0 saturated carbocycles. The molecule has 1 saturated heterocycles. The van der Waals surface area contributed by atoms with Gasteiger partial charge in [0, 0.05) is 25.3 Å². The van der Waals surface area contributed by atoms with Gasteiger partial charge in [0.2, 0.25) is 0 Å². The number of nitrogens with one attached hydrogen (secondary N) is 1. The van der Waals surface area contributed by atoms with Crippen LogP contribution in [0.2, 0.25) is 0 Å². The highest BCUT2D eigenvalue weighted by Crippen LogP contribution is 2.23. The fraction of sp³-hybridized carbons (Fsp3) is 0.533. The van der Waals surface area contributed by atoms with Crippen molar-refractivity contribution in [3.63, 3.8) is 0 Å². The second kappa shape index (κ2) is 6.57. The van der Waals surface area contributed by atoms with Gasteiger partial charge in [-0.1, -0.05) is 19.1 Å². The summed E-state index contributed by atoms with van der Waals surface area (Å²) < 4.78 is 0. The second-order valence-electron chi connectivity index (χ2n) is 5.07. The molecule has 1 aliphatic heterocycles. The van der Waals surface area contributed by atoms with E-state index >= 15 is 0 Å². The van der Waals surface area contributed by atoms with Crippen LogP contribution in [-0.4, -0.2) is 30.7 Å². The normalized spacial score (nSPS) is 19.4. The Morgan fingerprint density at radius 3 is 2.79 bits per heavy atom. The average Bonchev–Trinajstić information content (AvgIpc) is 2.46. The van der Waals surface area contributed by atoms with E-state index in [-0.39, 0.29) is 5.92 Å². The Hall–Kier alpha value is -1.55. The van der Waals surface area contributed by atoms with Crippen LogP contribution in [0.5, 0.6) is 0 Å². The van der Waals surface area contributed by atoms with Crippen LogP contribution in [0, 0.1) is 5.92 Å². The molecule has 2 N–H and O–H groups in total. The van der Waals surface area contributed by atoms with E-state index in [0.29, 0.717) is 6.54 Å². The van der Waals surface area contributed by atoms with Crippen LogP contribution in [0.1, 0.15) is 25.3 Å². The van der Waals surface area contributed by atoms with Crippen molar-refractivity contribution in [2.75, 3.05) is 24.5 Å². The molecule has 1 atom stereocenters. The van der Waals surface area contributed by atoms with E-state index in [1.165, 1.54) is 5.56 Å². The predicted octanol–water partition coefficient (Wildman–Crippen LogP) is 2.10. The van der Waals surface area contributed by atoms with Crippen molar-refractivity contribution in [2.45, 2.75) is 26.3 Å². The molecular formula is C15H22N2O2. The van der Waals surface area contributed by atoms with Crippen molar-refractivity contribution < 1.29 is 9.90 Å². The number of aliphatic carboxylic acids is 1. The van der Waals surface area contributed by atoms with Gasteiger partial charge in [-0.15, -0.1) is 0 Å². The molecule has 4 nitrogen and oxygen atoms in total. The lowest BCUT2D eigenvalue weighted by Gasteiger charge is -2.32. The fourth-order valence-corrected chi connectivity index (χ4v) is 2.51. The van der Waals surface area contributed by atoms with Gasteiger partial charge >= 0.3 is 5.97 Å². The van der Waals surface area contributed by atoms with Crippen LogP contribution < -0.4 is 10.2 Å². The molecule has 1 heterocycles. The molecular weight excluding hydrogens is 240 g/mol. The Morgan fingerprint density at radius 2 is 2.16 bits per heavy atom. The summed E-state index contributed by atoms with van der Waals surface area (Å²) in [5, 5.41) is 12.4. The summed E-state index contributed by atoms with van der Waals surface area (Å²) in [6, 6.07) is 8.42. The first-order valence-corrected chi connectivity index (χ1v) is 6.98. The molecule has 1 unspecified atom stereocenters. The summed E-state index contributed by atoms with van der Waals surface area (Å²) in [5.41, 5.74) is 2.39. The van der Waals surface area contributed by atoms with Crippen molar-refractivity contribution in [2.24, 2.45) is 5.92 Å². The number of anilines is 1. The van der Waals surface area contributed by atoms with Crippen LogP contribution in [-0.2, 0) is 11.3 Å². The summed E-state index contributed by atoms with van der Waals surface area (Å²) in [6.45, 7) is 5.52. The van der Waals surface area contributed by atoms with E-state index in [1.54, 1.807) is 0 Å². The maximum Gasteiger partial charge on any atom is 0.308 e. The summed E-state index contributed by atoms with van der Waals surface area (Å²) in [5.74, 6) is -0.899. The van der Waals surface area contributed by atoms with Gasteiger partial charge in [0.25, 0.3) is 0 Å². The molecule has 104 valence electrons. The van der Waals surface area contributed by atoms with Gasteiger partial charge in [-0.05, 0) is 37.1 Å². The predicted molar refractivity (Wildman–Crippen MR) is 76.4 cm³/mol. The maximum atomic E-state index is 11.1. The van der Waals surface area contributed by atoms with Crippen molar-refractivity contribution >= 4 is 11.7 Å². The first-order valence-electron chi connectivity index (χ1n) is 6.98. The molecule has 0 radical (unpaired) electrons. The Balaban J connectivity index is 1.99. The molecule has 1 aromatic carbocycles. The first-order chi connectivity index (χ1) is 9.20. The Morgan fingerprint density at radius 1 is 1.42 bits per heavy atom. The molecule has 1 aliphatic rings. The lowest BCUT2D eigenvalue weighted by atomic mass is 9.97. The summed E-state index contributed by atoms with van der Waals surface area (Å²) >= 11 is 0. The van der Waals surface area contributed by atoms with Gasteiger partial charge in [0.05, 0.1) is 5.92 Å². The molecule has 1 fully saturated rings. The molecule has 0 aromatic heterocycles. The zero-order chi connectivity index (χ0) is 13.7. The SMILES string of the molecule is CCNCc1ccc(N2CCCC(C(=O)O)C2)cc1. The minimum absolute atomic E-state index is 0.227. The van der Waals surface area contributed by atoms with Crippen molar-refractivity contribution in [3.05, 3.63) is 29.8 Å². The Kier molecular flexibility index (Phi) is 4.80. The standard InChI is InChI=1S/C15H22N2O2/c1-2-16-10-12-5-7-14(8-6-12)17-9-3-4-13(11-17)15(18)19/h5-8,13,16H,2-4,9-11H2,1H3,(H,18,19). The van der Waals surface area contributed by atoms with Crippen LogP contribution in [0.15, 0.2) is 24.3 Å². The second-order valence-corrected chi connectivity index (χ2v) is 5.07.